The summed E-state index contributed by atoms with van der Waals surface area (Å²) in [7, 11) is 0. The van der Waals surface area contributed by atoms with Crippen LogP contribution in [0.15, 0.2) is 45.7 Å². The van der Waals surface area contributed by atoms with Crippen LogP contribution in [0.2, 0.25) is 0 Å². The summed E-state index contributed by atoms with van der Waals surface area (Å²) in [5.41, 5.74) is 2.75. The van der Waals surface area contributed by atoms with Gasteiger partial charge in [-0.25, -0.2) is 4.52 Å². The molecule has 0 radical (unpaired) electrons. The molecular weight excluding hydrogens is 304 g/mol. The third-order valence-electron chi connectivity index (χ3n) is 3.58. The van der Waals surface area contributed by atoms with Crippen LogP contribution in [-0.4, -0.2) is 9.61 Å². The molecule has 0 amide bonds. The lowest BCUT2D eigenvalue weighted by Crippen LogP contribution is -2.07. The first-order valence-corrected chi connectivity index (χ1v) is 6.79. The fourth-order valence-electron chi connectivity index (χ4n) is 2.71. The van der Waals surface area contributed by atoms with Crippen molar-refractivity contribution in [1.29, 1.82) is 0 Å². The van der Waals surface area contributed by atoms with Gasteiger partial charge in [-0.3, -0.25) is 4.79 Å². The first-order valence-electron chi connectivity index (χ1n) is 6.00. The number of nitrogens with zero attached hydrogens (tertiary/aromatic N) is 2. The van der Waals surface area contributed by atoms with E-state index in [-0.39, 0.29) is 5.43 Å². The van der Waals surface area contributed by atoms with Crippen LogP contribution in [0.25, 0.3) is 27.2 Å². The van der Waals surface area contributed by atoms with Crippen molar-refractivity contribution in [3.05, 3.63) is 56.8 Å². The van der Waals surface area contributed by atoms with Gasteiger partial charge in [0.05, 0.1) is 22.1 Å². The number of fused-ring (bicyclic) bond motifs is 2. The summed E-state index contributed by atoms with van der Waals surface area (Å²) in [6, 6.07) is 11.5. The lowest BCUT2D eigenvalue weighted by Gasteiger charge is -2.05. The molecule has 4 heteroatoms. The molecule has 0 aliphatic rings. The molecule has 0 fully saturated rings. The third-order valence-corrected chi connectivity index (χ3v) is 4.24. The molecule has 4 aromatic rings. The average Bonchev–Trinajstić information content (AvgIpc) is 2.75. The zero-order chi connectivity index (χ0) is 13.1. The second-order valence-corrected chi connectivity index (χ2v) is 5.52. The van der Waals surface area contributed by atoms with E-state index in [9.17, 15) is 4.79 Å². The monoisotopic (exact) mass is 312 g/mol. The standard InChI is InChI=1S/C15H9BrN2O/c1-8-9-6-7-11(16)13-14(9)18(17-8)12-5-3-2-4-10(12)15(13)19/h2-7H,1H3. The smallest absolute Gasteiger partial charge is 0.198 e. The Labute approximate surface area is 116 Å². The van der Waals surface area contributed by atoms with E-state index in [1.54, 1.807) is 0 Å². The van der Waals surface area contributed by atoms with Crippen LogP contribution in [0.3, 0.4) is 0 Å². The van der Waals surface area contributed by atoms with Crippen molar-refractivity contribution in [1.82, 2.24) is 9.61 Å². The maximum absolute atomic E-state index is 12.7. The van der Waals surface area contributed by atoms with Crippen molar-refractivity contribution in [3.63, 3.8) is 0 Å². The molecule has 0 atom stereocenters. The highest BCUT2D eigenvalue weighted by molar-refractivity contribution is 9.10. The summed E-state index contributed by atoms with van der Waals surface area (Å²) in [6.45, 7) is 1.97. The number of aryl methyl sites for hydroxylation is 1. The Hall–Kier alpha value is -1.94. The van der Waals surface area contributed by atoms with Gasteiger partial charge in [0.2, 0.25) is 0 Å². The van der Waals surface area contributed by atoms with Crippen molar-refractivity contribution in [2.75, 3.05) is 0 Å². The van der Waals surface area contributed by atoms with Gasteiger partial charge in [0.25, 0.3) is 0 Å². The lowest BCUT2D eigenvalue weighted by atomic mass is 10.1. The molecule has 0 aliphatic heterocycles. The van der Waals surface area contributed by atoms with Gasteiger partial charge in [-0.1, -0.05) is 12.1 Å². The van der Waals surface area contributed by atoms with Gasteiger partial charge >= 0.3 is 0 Å². The van der Waals surface area contributed by atoms with Crippen molar-refractivity contribution in [3.8, 4) is 0 Å². The second-order valence-electron chi connectivity index (χ2n) is 4.66. The molecule has 2 aromatic heterocycles. The molecule has 0 N–H and O–H groups in total. The predicted octanol–water partition coefficient (Wildman–Crippen LogP) is 3.51. The number of pyridine rings is 1. The molecule has 0 aliphatic carbocycles. The molecule has 2 heterocycles. The van der Waals surface area contributed by atoms with Gasteiger partial charge in [-0.05, 0) is 47.1 Å². The summed E-state index contributed by atoms with van der Waals surface area (Å²) in [4.78, 5) is 12.7. The van der Waals surface area contributed by atoms with E-state index in [0.29, 0.717) is 10.8 Å². The number of para-hydroxylation sites is 1. The summed E-state index contributed by atoms with van der Waals surface area (Å²) < 4.78 is 2.70. The molecule has 4 rings (SSSR count). The molecule has 2 aromatic carbocycles. The zero-order valence-electron chi connectivity index (χ0n) is 10.1. The number of aromatic nitrogens is 2. The highest BCUT2D eigenvalue weighted by Gasteiger charge is 2.16. The minimum Gasteiger partial charge on any atom is -0.288 e. The summed E-state index contributed by atoms with van der Waals surface area (Å²) in [6.07, 6.45) is 0. The Morgan fingerprint density at radius 3 is 2.74 bits per heavy atom. The topological polar surface area (TPSA) is 34.4 Å². The molecule has 0 unspecified atom stereocenters. The molecule has 19 heavy (non-hydrogen) atoms. The van der Waals surface area contributed by atoms with Crippen LogP contribution in [0.5, 0.6) is 0 Å². The van der Waals surface area contributed by atoms with Crippen LogP contribution >= 0.6 is 15.9 Å². The Morgan fingerprint density at radius 2 is 1.89 bits per heavy atom. The van der Waals surface area contributed by atoms with Crippen LogP contribution in [0, 0.1) is 6.92 Å². The highest BCUT2D eigenvalue weighted by atomic mass is 79.9. The molecule has 0 saturated heterocycles. The molecule has 0 saturated carbocycles. The van der Waals surface area contributed by atoms with E-state index < -0.39 is 0 Å². The molecule has 0 spiro atoms. The van der Waals surface area contributed by atoms with Crippen LogP contribution in [0.1, 0.15) is 5.69 Å². The molecule has 3 nitrogen and oxygen atoms in total. The second kappa shape index (κ2) is 3.54. The molecule has 0 bridgehead atoms. The first kappa shape index (κ1) is 10.9. The lowest BCUT2D eigenvalue weighted by molar-refractivity contribution is 0.974. The maximum atomic E-state index is 12.7. The maximum Gasteiger partial charge on any atom is 0.198 e. The fourth-order valence-corrected chi connectivity index (χ4v) is 3.21. The Kier molecular flexibility index (Phi) is 2.04. The quantitative estimate of drug-likeness (QED) is 0.466. The van der Waals surface area contributed by atoms with Crippen molar-refractivity contribution < 1.29 is 0 Å². The van der Waals surface area contributed by atoms with E-state index in [4.69, 9.17) is 0 Å². The first-order chi connectivity index (χ1) is 9.18. The van der Waals surface area contributed by atoms with Gasteiger partial charge < -0.3 is 0 Å². The van der Waals surface area contributed by atoms with Gasteiger partial charge in [0.1, 0.15) is 0 Å². The molecule has 92 valence electrons. The van der Waals surface area contributed by atoms with Crippen LogP contribution < -0.4 is 5.43 Å². The van der Waals surface area contributed by atoms with E-state index in [0.717, 1.165) is 26.6 Å². The van der Waals surface area contributed by atoms with E-state index in [1.807, 2.05) is 47.8 Å². The largest absolute Gasteiger partial charge is 0.288 e. The number of halogens is 1. The van der Waals surface area contributed by atoms with E-state index >= 15 is 0 Å². The average molecular weight is 313 g/mol. The predicted molar refractivity (Wildman–Crippen MR) is 80.1 cm³/mol. The van der Waals surface area contributed by atoms with E-state index in [1.165, 1.54) is 0 Å². The van der Waals surface area contributed by atoms with Crippen LogP contribution in [-0.2, 0) is 0 Å². The van der Waals surface area contributed by atoms with Gasteiger partial charge in [0, 0.05) is 15.2 Å². The molecular formula is C15H9BrN2O. The van der Waals surface area contributed by atoms with E-state index in [2.05, 4.69) is 21.0 Å². The van der Waals surface area contributed by atoms with Crippen LogP contribution in [0.4, 0.5) is 0 Å². The number of benzene rings is 2. The minimum atomic E-state index is 0.0560. The summed E-state index contributed by atoms with van der Waals surface area (Å²) >= 11 is 3.49. The van der Waals surface area contributed by atoms with Crippen molar-refractivity contribution in [2.24, 2.45) is 0 Å². The number of rotatable bonds is 0. The Bertz CT molecular complexity index is 1000. The van der Waals surface area contributed by atoms with Crippen molar-refractivity contribution >= 4 is 43.1 Å². The van der Waals surface area contributed by atoms with Crippen molar-refractivity contribution in [2.45, 2.75) is 6.92 Å². The number of hydrogen-bond donors (Lipinski definition) is 0. The van der Waals surface area contributed by atoms with Gasteiger partial charge in [0.15, 0.2) is 5.43 Å². The SMILES string of the molecule is Cc1nn2c3ccccc3c(=O)c3c(Br)ccc1c32. The van der Waals surface area contributed by atoms with Gasteiger partial charge in [-0.2, -0.15) is 5.10 Å². The van der Waals surface area contributed by atoms with Gasteiger partial charge in [-0.15, -0.1) is 0 Å². The normalized spacial score (nSPS) is 11.9. The fraction of sp³-hybridized carbons (Fsp3) is 0.0667. The summed E-state index contributed by atoms with van der Waals surface area (Å²) in [5.74, 6) is 0. The Morgan fingerprint density at radius 1 is 1.11 bits per heavy atom. The third kappa shape index (κ3) is 1.27. The minimum absolute atomic E-state index is 0.0560. The highest BCUT2D eigenvalue weighted by Crippen LogP contribution is 2.30. The number of hydrogen-bond acceptors (Lipinski definition) is 2. The summed E-state index contributed by atoms with van der Waals surface area (Å²) in [5, 5.41) is 7.02. The zero-order valence-corrected chi connectivity index (χ0v) is 11.7. The Balaban J connectivity index is 2.53.